The molecule has 0 N–H and O–H groups in total. The maximum absolute atomic E-state index is 2.61. The van der Waals surface area contributed by atoms with Gasteiger partial charge in [0.1, 0.15) is 0 Å². The van der Waals surface area contributed by atoms with Crippen LogP contribution in [-0.2, 0) is 0 Å². The van der Waals surface area contributed by atoms with E-state index in [4.69, 9.17) is 0 Å². The number of hydrogen-bond donors (Lipinski definition) is 0. The molecule has 0 aliphatic heterocycles. The van der Waals surface area contributed by atoms with E-state index in [1.54, 1.807) is 0 Å². The van der Waals surface area contributed by atoms with Crippen molar-refractivity contribution in [2.75, 3.05) is 0 Å². The topological polar surface area (TPSA) is 0 Å². The normalized spacial score (nSPS) is 43.3. The molecule has 3 atom stereocenters. The molecule has 0 amide bonds. The zero-order valence-corrected chi connectivity index (χ0v) is 12.0. The van der Waals surface area contributed by atoms with Crippen molar-refractivity contribution in [2.45, 2.75) is 79.6 Å². The molecule has 0 aromatic rings. The monoisotopic (exact) mass is 222 g/mol. The first-order valence-corrected chi connectivity index (χ1v) is 7.46. The second kappa shape index (κ2) is 3.75. The summed E-state index contributed by atoms with van der Waals surface area (Å²) in [5, 5.41) is 0. The highest BCUT2D eigenvalue weighted by molar-refractivity contribution is 5.19. The fourth-order valence-electron chi connectivity index (χ4n) is 5.00. The van der Waals surface area contributed by atoms with Gasteiger partial charge >= 0.3 is 0 Å². The minimum absolute atomic E-state index is 0.641. The summed E-state index contributed by atoms with van der Waals surface area (Å²) >= 11 is 0. The first-order valence-electron chi connectivity index (χ1n) is 7.46. The van der Waals surface area contributed by atoms with Gasteiger partial charge in [0.2, 0.25) is 0 Å². The average Bonchev–Trinajstić information content (AvgIpc) is 2.73. The molecule has 0 aromatic carbocycles. The molecule has 16 heavy (non-hydrogen) atoms. The van der Waals surface area contributed by atoms with E-state index < -0.39 is 0 Å². The Bertz CT molecular complexity index is 261. The molecule has 0 heteroatoms. The van der Waals surface area contributed by atoms with E-state index in [1.165, 1.54) is 44.9 Å². The Hall–Kier alpha value is 0. The van der Waals surface area contributed by atoms with Gasteiger partial charge in [0.15, 0.2) is 0 Å². The molecule has 3 unspecified atom stereocenters. The van der Waals surface area contributed by atoms with E-state index in [-0.39, 0.29) is 0 Å². The Morgan fingerprint density at radius 2 is 1.62 bits per heavy atom. The van der Waals surface area contributed by atoms with Crippen LogP contribution in [-0.4, -0.2) is 0 Å². The van der Waals surface area contributed by atoms with Crippen LogP contribution in [0.3, 0.4) is 0 Å². The fraction of sp³-hybridized carbons (Fsp3) is 1.00. The van der Waals surface area contributed by atoms with E-state index in [9.17, 15) is 0 Å². The van der Waals surface area contributed by atoms with Crippen LogP contribution in [0.5, 0.6) is 0 Å². The molecule has 0 spiro atoms. The van der Waals surface area contributed by atoms with Crippen molar-refractivity contribution >= 4 is 0 Å². The van der Waals surface area contributed by atoms with Crippen LogP contribution < -0.4 is 0 Å². The summed E-state index contributed by atoms with van der Waals surface area (Å²) in [6.45, 7) is 12.4. The third kappa shape index (κ3) is 1.34. The molecule has 0 nitrogen and oxygen atoms in total. The van der Waals surface area contributed by atoms with Crippen LogP contribution in [0.25, 0.3) is 0 Å². The van der Waals surface area contributed by atoms with E-state index in [2.05, 4.69) is 34.6 Å². The lowest BCUT2D eigenvalue weighted by atomic mass is 9.64. The smallest absolute Gasteiger partial charge is 0.0207 e. The lowest BCUT2D eigenvalue weighted by molar-refractivity contribution is 0.0869. The van der Waals surface area contributed by atoms with Crippen LogP contribution in [0.15, 0.2) is 0 Å². The molecular weight excluding hydrogens is 192 g/mol. The van der Waals surface area contributed by atoms with Crippen molar-refractivity contribution in [3.05, 3.63) is 0 Å². The van der Waals surface area contributed by atoms with Crippen molar-refractivity contribution in [3.63, 3.8) is 0 Å². The lowest BCUT2D eigenvalue weighted by Crippen LogP contribution is -2.32. The molecule has 2 fully saturated rings. The first-order chi connectivity index (χ1) is 7.46. The Morgan fingerprint density at radius 3 is 2.06 bits per heavy atom. The Balaban J connectivity index is 2.22. The molecule has 2 saturated carbocycles. The molecule has 0 saturated heterocycles. The average molecular weight is 222 g/mol. The number of rotatable bonds is 4. The highest BCUT2D eigenvalue weighted by atomic mass is 14.7. The summed E-state index contributed by atoms with van der Waals surface area (Å²) in [5.41, 5.74) is 1.99. The van der Waals surface area contributed by atoms with Gasteiger partial charge in [-0.05, 0) is 47.8 Å². The van der Waals surface area contributed by atoms with Gasteiger partial charge in [0.25, 0.3) is 0 Å². The highest BCUT2D eigenvalue weighted by Gasteiger charge is 2.70. The zero-order chi connectivity index (χ0) is 12.0. The van der Waals surface area contributed by atoms with Crippen molar-refractivity contribution in [1.82, 2.24) is 0 Å². The predicted octanol–water partition coefficient (Wildman–Crippen LogP) is 5.42. The van der Waals surface area contributed by atoms with Crippen molar-refractivity contribution in [3.8, 4) is 0 Å². The fourth-order valence-corrected chi connectivity index (χ4v) is 5.00. The van der Waals surface area contributed by atoms with Gasteiger partial charge in [-0.3, -0.25) is 0 Å². The molecule has 0 heterocycles. The zero-order valence-electron chi connectivity index (χ0n) is 12.0. The quantitative estimate of drug-likeness (QED) is 0.596. The van der Waals surface area contributed by atoms with Crippen molar-refractivity contribution < 1.29 is 0 Å². The van der Waals surface area contributed by atoms with Crippen molar-refractivity contribution in [1.29, 1.82) is 0 Å². The summed E-state index contributed by atoms with van der Waals surface area (Å²) in [6, 6.07) is 0. The minimum atomic E-state index is 0.641. The van der Waals surface area contributed by atoms with Crippen LogP contribution in [0.1, 0.15) is 79.6 Å². The molecule has 0 bridgehead atoms. The van der Waals surface area contributed by atoms with Gasteiger partial charge in [0, 0.05) is 0 Å². The minimum Gasteiger partial charge on any atom is -0.0651 e. The summed E-state index contributed by atoms with van der Waals surface area (Å²) in [5.74, 6) is 0.904. The van der Waals surface area contributed by atoms with Crippen molar-refractivity contribution in [2.24, 2.45) is 22.2 Å². The van der Waals surface area contributed by atoms with Gasteiger partial charge in [-0.15, -0.1) is 0 Å². The molecule has 2 aliphatic rings. The molecule has 0 radical (unpaired) electrons. The maximum atomic E-state index is 2.61. The Morgan fingerprint density at radius 1 is 1.06 bits per heavy atom. The standard InChI is InChI=1S/C16H30/c1-6-13(3)14(4)12-15(14,5)16(7-2)10-8-9-11-16/h13H,6-12H2,1-5H3. The van der Waals surface area contributed by atoms with E-state index in [1.807, 2.05) is 0 Å². The summed E-state index contributed by atoms with van der Waals surface area (Å²) in [7, 11) is 0. The third-order valence-electron chi connectivity index (χ3n) is 6.96. The Labute approximate surface area is 102 Å². The first kappa shape index (κ1) is 12.5. The van der Waals surface area contributed by atoms with Crippen LogP contribution in [0.2, 0.25) is 0 Å². The van der Waals surface area contributed by atoms with Gasteiger partial charge in [-0.2, -0.15) is 0 Å². The highest BCUT2D eigenvalue weighted by Crippen LogP contribution is 2.78. The van der Waals surface area contributed by atoms with Gasteiger partial charge in [0.05, 0.1) is 0 Å². The van der Waals surface area contributed by atoms with Crippen LogP contribution in [0.4, 0.5) is 0 Å². The Kier molecular flexibility index (Phi) is 2.92. The number of hydrogen-bond acceptors (Lipinski definition) is 0. The largest absolute Gasteiger partial charge is 0.0651 e. The summed E-state index contributed by atoms with van der Waals surface area (Å²) < 4.78 is 0. The molecule has 2 aliphatic carbocycles. The van der Waals surface area contributed by atoms with Gasteiger partial charge in [-0.25, -0.2) is 0 Å². The predicted molar refractivity (Wildman–Crippen MR) is 71.5 cm³/mol. The third-order valence-corrected chi connectivity index (χ3v) is 6.96. The molecule has 94 valence electrons. The van der Waals surface area contributed by atoms with Crippen LogP contribution in [0, 0.1) is 22.2 Å². The molecule has 0 aromatic heterocycles. The second-order valence-corrected chi connectivity index (χ2v) is 7.08. The van der Waals surface area contributed by atoms with Gasteiger partial charge in [-0.1, -0.05) is 53.9 Å². The van der Waals surface area contributed by atoms with E-state index >= 15 is 0 Å². The SMILES string of the molecule is CCC(C)C1(C)CC1(C)C1(CC)CCCC1. The summed E-state index contributed by atoms with van der Waals surface area (Å²) in [4.78, 5) is 0. The maximum Gasteiger partial charge on any atom is -0.0207 e. The van der Waals surface area contributed by atoms with E-state index in [0.717, 1.165) is 5.92 Å². The molecular formula is C16H30. The summed E-state index contributed by atoms with van der Waals surface area (Å²) in [6.07, 6.45) is 10.2. The van der Waals surface area contributed by atoms with E-state index in [0.29, 0.717) is 16.2 Å². The van der Waals surface area contributed by atoms with Gasteiger partial charge < -0.3 is 0 Å². The lowest BCUT2D eigenvalue weighted by Gasteiger charge is -2.40. The van der Waals surface area contributed by atoms with Crippen LogP contribution >= 0.6 is 0 Å². The second-order valence-electron chi connectivity index (χ2n) is 7.08. The molecule has 2 rings (SSSR count).